The molecule has 0 saturated carbocycles. The van der Waals surface area contributed by atoms with Crippen LogP contribution >= 0.6 is 11.3 Å². The highest BCUT2D eigenvalue weighted by Gasteiger charge is 2.20. The van der Waals surface area contributed by atoms with E-state index in [1.807, 2.05) is 41.2 Å². The number of fused-ring (bicyclic) bond motifs is 3. The van der Waals surface area contributed by atoms with Gasteiger partial charge in [-0.1, -0.05) is 24.3 Å². The van der Waals surface area contributed by atoms with Crippen molar-refractivity contribution in [2.75, 3.05) is 0 Å². The van der Waals surface area contributed by atoms with Crippen molar-refractivity contribution in [2.24, 2.45) is 0 Å². The highest BCUT2D eigenvalue weighted by atomic mass is 32.1. The first-order valence-corrected chi connectivity index (χ1v) is 11.8. The standard InChI is InChI=1S/C24H25N5O2S/c30-21(25-14-17-6-1-2-7-18(17)15-29-12-5-11-27-29)10-13-28-16-26-23-22(24(28)31)19-8-3-4-9-20(19)32-23/h1-2,5-7,11-12,16H,3-4,8-10,13-15H2,(H,25,30). The molecule has 0 bridgehead atoms. The summed E-state index contributed by atoms with van der Waals surface area (Å²) in [5.41, 5.74) is 3.33. The molecule has 3 aromatic heterocycles. The molecule has 0 spiro atoms. The number of aryl methyl sites for hydroxylation is 3. The predicted octanol–water partition coefficient (Wildman–Crippen LogP) is 3.29. The van der Waals surface area contributed by atoms with E-state index >= 15 is 0 Å². The predicted molar refractivity (Wildman–Crippen MR) is 125 cm³/mol. The van der Waals surface area contributed by atoms with Gasteiger partial charge >= 0.3 is 0 Å². The summed E-state index contributed by atoms with van der Waals surface area (Å²) in [5.74, 6) is -0.0850. The fraction of sp³-hybridized carbons (Fsp3) is 0.333. The van der Waals surface area contributed by atoms with Crippen molar-refractivity contribution in [3.05, 3.63) is 81.0 Å². The van der Waals surface area contributed by atoms with E-state index in [0.29, 0.717) is 19.6 Å². The molecule has 0 atom stereocenters. The van der Waals surface area contributed by atoms with E-state index < -0.39 is 0 Å². The molecule has 4 aromatic rings. The summed E-state index contributed by atoms with van der Waals surface area (Å²) in [6.45, 7) is 1.43. The van der Waals surface area contributed by atoms with Gasteiger partial charge in [-0.15, -0.1) is 11.3 Å². The van der Waals surface area contributed by atoms with Crippen LogP contribution in [0.5, 0.6) is 0 Å². The lowest BCUT2D eigenvalue weighted by molar-refractivity contribution is -0.121. The molecule has 164 valence electrons. The monoisotopic (exact) mass is 447 g/mol. The molecule has 0 radical (unpaired) electrons. The summed E-state index contributed by atoms with van der Waals surface area (Å²) in [7, 11) is 0. The minimum Gasteiger partial charge on any atom is -0.352 e. The highest BCUT2D eigenvalue weighted by Crippen LogP contribution is 2.33. The maximum absolute atomic E-state index is 13.0. The SMILES string of the molecule is O=C(CCn1cnc2sc3c(c2c1=O)CCCC3)NCc1ccccc1Cn1cccn1. The van der Waals surface area contributed by atoms with Gasteiger partial charge in [0.15, 0.2) is 0 Å². The molecular weight excluding hydrogens is 422 g/mol. The van der Waals surface area contributed by atoms with E-state index in [1.54, 1.807) is 28.4 Å². The molecule has 1 aliphatic rings. The van der Waals surface area contributed by atoms with E-state index in [2.05, 4.69) is 15.4 Å². The molecular formula is C24H25N5O2S. The van der Waals surface area contributed by atoms with Crippen molar-refractivity contribution >= 4 is 27.5 Å². The van der Waals surface area contributed by atoms with Crippen molar-refractivity contribution in [1.29, 1.82) is 0 Å². The van der Waals surface area contributed by atoms with Gasteiger partial charge in [-0.05, 0) is 48.4 Å². The van der Waals surface area contributed by atoms with Gasteiger partial charge in [0.05, 0.1) is 18.3 Å². The quantitative estimate of drug-likeness (QED) is 0.471. The molecule has 0 fully saturated rings. The van der Waals surface area contributed by atoms with Crippen LogP contribution in [-0.4, -0.2) is 25.2 Å². The average molecular weight is 448 g/mol. The first kappa shape index (κ1) is 20.6. The number of rotatable bonds is 7. The molecule has 3 heterocycles. The van der Waals surface area contributed by atoms with E-state index in [0.717, 1.165) is 40.6 Å². The van der Waals surface area contributed by atoms with Crippen molar-refractivity contribution in [3.8, 4) is 0 Å². The molecule has 1 aliphatic carbocycles. The number of hydrogen-bond donors (Lipinski definition) is 1. The van der Waals surface area contributed by atoms with E-state index in [9.17, 15) is 9.59 Å². The van der Waals surface area contributed by atoms with Crippen LogP contribution in [-0.2, 0) is 37.3 Å². The Kier molecular flexibility index (Phi) is 5.85. The van der Waals surface area contributed by atoms with Crippen LogP contribution in [0.15, 0.2) is 53.8 Å². The lowest BCUT2D eigenvalue weighted by Gasteiger charge is -2.12. The Bertz CT molecular complexity index is 1310. The lowest BCUT2D eigenvalue weighted by Crippen LogP contribution is -2.28. The van der Waals surface area contributed by atoms with E-state index in [1.165, 1.54) is 16.9 Å². The van der Waals surface area contributed by atoms with Crippen LogP contribution in [0.1, 0.15) is 40.8 Å². The third kappa shape index (κ3) is 4.23. The summed E-state index contributed by atoms with van der Waals surface area (Å²) in [5, 5.41) is 8.01. The molecule has 1 N–H and O–H groups in total. The van der Waals surface area contributed by atoms with Gasteiger partial charge in [0.25, 0.3) is 5.56 Å². The Balaban J connectivity index is 1.23. The zero-order valence-electron chi connectivity index (χ0n) is 17.8. The van der Waals surface area contributed by atoms with Crippen LogP contribution in [0.3, 0.4) is 0 Å². The third-order valence-corrected chi connectivity index (χ3v) is 7.21. The number of nitrogens with one attached hydrogen (secondary N) is 1. The second kappa shape index (κ2) is 9.08. The maximum Gasteiger partial charge on any atom is 0.262 e. The number of carbonyl (C=O) groups is 1. The van der Waals surface area contributed by atoms with Crippen LogP contribution in [0.2, 0.25) is 0 Å². The van der Waals surface area contributed by atoms with Gasteiger partial charge < -0.3 is 5.32 Å². The number of thiophene rings is 1. The van der Waals surface area contributed by atoms with Gasteiger partial charge in [0.2, 0.25) is 5.91 Å². The Morgan fingerprint density at radius 2 is 1.97 bits per heavy atom. The Morgan fingerprint density at radius 3 is 2.81 bits per heavy atom. The third-order valence-electron chi connectivity index (χ3n) is 6.01. The topological polar surface area (TPSA) is 81.8 Å². The highest BCUT2D eigenvalue weighted by molar-refractivity contribution is 7.18. The van der Waals surface area contributed by atoms with Gasteiger partial charge in [-0.2, -0.15) is 5.10 Å². The Labute approximate surface area is 189 Å². The molecule has 0 unspecified atom stereocenters. The lowest BCUT2D eigenvalue weighted by atomic mass is 9.97. The van der Waals surface area contributed by atoms with Crippen molar-refractivity contribution in [2.45, 2.75) is 51.7 Å². The number of benzene rings is 1. The van der Waals surface area contributed by atoms with Gasteiger partial charge in [-0.25, -0.2) is 4.98 Å². The molecule has 32 heavy (non-hydrogen) atoms. The zero-order chi connectivity index (χ0) is 21.9. The minimum absolute atomic E-state index is 0.0215. The normalized spacial score (nSPS) is 13.2. The van der Waals surface area contributed by atoms with Gasteiger partial charge in [0.1, 0.15) is 4.83 Å². The molecule has 7 nitrogen and oxygen atoms in total. The molecule has 5 rings (SSSR count). The maximum atomic E-state index is 13.0. The Hall–Kier alpha value is -3.26. The first-order chi connectivity index (χ1) is 15.7. The largest absolute Gasteiger partial charge is 0.352 e. The Morgan fingerprint density at radius 1 is 1.12 bits per heavy atom. The van der Waals surface area contributed by atoms with Crippen molar-refractivity contribution in [3.63, 3.8) is 0 Å². The summed E-state index contributed by atoms with van der Waals surface area (Å²) in [4.78, 5) is 32.2. The first-order valence-electron chi connectivity index (χ1n) is 11.0. The van der Waals surface area contributed by atoms with Crippen LogP contribution in [0.25, 0.3) is 10.2 Å². The molecule has 0 saturated heterocycles. The van der Waals surface area contributed by atoms with Crippen LogP contribution < -0.4 is 10.9 Å². The number of aromatic nitrogens is 4. The fourth-order valence-electron chi connectivity index (χ4n) is 4.30. The zero-order valence-corrected chi connectivity index (χ0v) is 18.6. The summed E-state index contributed by atoms with van der Waals surface area (Å²) in [6.07, 6.45) is 9.79. The second-order valence-corrected chi connectivity index (χ2v) is 9.22. The van der Waals surface area contributed by atoms with Crippen LogP contribution in [0.4, 0.5) is 0 Å². The summed E-state index contributed by atoms with van der Waals surface area (Å²) in [6, 6.07) is 9.91. The average Bonchev–Trinajstić information content (AvgIpc) is 3.46. The number of nitrogens with zero attached hydrogens (tertiary/aromatic N) is 4. The molecule has 1 aromatic carbocycles. The minimum atomic E-state index is -0.0850. The van der Waals surface area contributed by atoms with Crippen LogP contribution in [0, 0.1) is 0 Å². The van der Waals surface area contributed by atoms with Gasteiger partial charge in [-0.3, -0.25) is 18.8 Å². The van der Waals surface area contributed by atoms with E-state index in [4.69, 9.17) is 0 Å². The number of amides is 1. The van der Waals surface area contributed by atoms with Crippen molar-refractivity contribution < 1.29 is 4.79 Å². The van der Waals surface area contributed by atoms with E-state index in [-0.39, 0.29) is 17.9 Å². The molecule has 1 amide bonds. The fourth-order valence-corrected chi connectivity index (χ4v) is 5.52. The molecule has 8 heteroatoms. The second-order valence-electron chi connectivity index (χ2n) is 8.13. The summed E-state index contributed by atoms with van der Waals surface area (Å²) >= 11 is 1.65. The van der Waals surface area contributed by atoms with Crippen molar-refractivity contribution in [1.82, 2.24) is 24.6 Å². The smallest absolute Gasteiger partial charge is 0.262 e. The summed E-state index contributed by atoms with van der Waals surface area (Å²) < 4.78 is 3.44. The number of carbonyl (C=O) groups excluding carboxylic acids is 1. The van der Waals surface area contributed by atoms with Gasteiger partial charge in [0, 0.05) is 36.8 Å². The number of hydrogen-bond acceptors (Lipinski definition) is 5. The molecule has 0 aliphatic heterocycles.